The van der Waals surface area contributed by atoms with E-state index in [0.29, 0.717) is 6.10 Å². The third-order valence-electron chi connectivity index (χ3n) is 3.55. The van der Waals surface area contributed by atoms with Crippen LogP contribution in [0.3, 0.4) is 0 Å². The smallest absolute Gasteiger partial charge is 0.101 e. The lowest BCUT2D eigenvalue weighted by molar-refractivity contribution is 0.0440. The lowest BCUT2D eigenvalue weighted by Gasteiger charge is -2.34. The summed E-state index contributed by atoms with van der Waals surface area (Å²) in [7, 11) is 0. The van der Waals surface area contributed by atoms with Gasteiger partial charge in [-0.25, -0.2) is 0 Å². The summed E-state index contributed by atoms with van der Waals surface area (Å²) < 4.78 is 5.86. The topological polar surface area (TPSA) is 36.3 Å². The van der Waals surface area contributed by atoms with Crippen LogP contribution in [0.1, 0.15) is 37.3 Å². The zero-order chi connectivity index (χ0) is 13.7. The van der Waals surface area contributed by atoms with Crippen molar-refractivity contribution < 1.29 is 4.74 Å². The van der Waals surface area contributed by atoms with Crippen molar-refractivity contribution in [3.8, 4) is 6.07 Å². The van der Waals surface area contributed by atoms with Crippen molar-refractivity contribution in [1.82, 2.24) is 0 Å². The van der Waals surface area contributed by atoms with Gasteiger partial charge in [0.15, 0.2) is 0 Å². The molecule has 2 rings (SSSR count). The summed E-state index contributed by atoms with van der Waals surface area (Å²) in [5.74, 6) is 0. The number of hydrogen-bond donors (Lipinski definition) is 0. The Morgan fingerprint density at radius 2 is 2.32 bits per heavy atom. The molecular formula is C16H22N2O. The number of anilines is 1. The maximum absolute atomic E-state index is 9.27. The first-order valence-corrected chi connectivity index (χ1v) is 7.12. The molecule has 1 atom stereocenters. The number of ether oxygens (including phenoxy) is 1. The van der Waals surface area contributed by atoms with Crippen LogP contribution < -0.4 is 4.90 Å². The molecule has 1 fully saturated rings. The highest BCUT2D eigenvalue weighted by Gasteiger charge is 2.22. The van der Waals surface area contributed by atoms with Gasteiger partial charge in [0, 0.05) is 19.7 Å². The molecule has 1 aromatic carbocycles. The standard InChI is InChI=1S/C16H22N2O/c1-3-9-19-15-5-4-8-18(12-15)16-7-6-13(2)10-14(16)11-17/h6-7,10,15H,3-5,8-9,12H2,1-2H3. The van der Waals surface area contributed by atoms with Crippen LogP contribution in [0.2, 0.25) is 0 Å². The van der Waals surface area contributed by atoms with Gasteiger partial charge in [0.25, 0.3) is 0 Å². The van der Waals surface area contributed by atoms with Crippen LogP contribution in [-0.4, -0.2) is 25.8 Å². The first-order valence-electron chi connectivity index (χ1n) is 7.12. The summed E-state index contributed by atoms with van der Waals surface area (Å²) in [5, 5.41) is 9.27. The van der Waals surface area contributed by atoms with E-state index in [0.717, 1.165) is 55.8 Å². The van der Waals surface area contributed by atoms with Gasteiger partial charge in [-0.05, 0) is 43.9 Å². The van der Waals surface area contributed by atoms with Crippen LogP contribution in [0, 0.1) is 18.3 Å². The minimum Gasteiger partial charge on any atom is -0.376 e. The number of nitriles is 1. The van der Waals surface area contributed by atoms with E-state index in [-0.39, 0.29) is 0 Å². The molecule has 19 heavy (non-hydrogen) atoms. The molecule has 3 heteroatoms. The quantitative estimate of drug-likeness (QED) is 0.831. The molecule has 1 heterocycles. The van der Waals surface area contributed by atoms with Gasteiger partial charge in [-0.15, -0.1) is 0 Å². The molecule has 0 amide bonds. The predicted molar refractivity (Wildman–Crippen MR) is 77.4 cm³/mol. The van der Waals surface area contributed by atoms with E-state index in [9.17, 15) is 5.26 Å². The number of piperidine rings is 1. The highest BCUT2D eigenvalue weighted by molar-refractivity contribution is 5.60. The first kappa shape index (κ1) is 13.9. The Morgan fingerprint density at radius 1 is 1.47 bits per heavy atom. The maximum atomic E-state index is 9.27. The molecule has 3 nitrogen and oxygen atoms in total. The summed E-state index contributed by atoms with van der Waals surface area (Å²) in [4.78, 5) is 2.29. The largest absolute Gasteiger partial charge is 0.376 e. The molecule has 0 aliphatic carbocycles. The maximum Gasteiger partial charge on any atom is 0.101 e. The molecule has 0 spiro atoms. The molecule has 1 aliphatic heterocycles. The second kappa shape index (κ2) is 6.58. The van der Waals surface area contributed by atoms with Crippen molar-refractivity contribution in [2.45, 2.75) is 39.2 Å². The van der Waals surface area contributed by atoms with E-state index < -0.39 is 0 Å². The third kappa shape index (κ3) is 3.48. The molecule has 1 saturated heterocycles. The van der Waals surface area contributed by atoms with Crippen LogP contribution >= 0.6 is 0 Å². The molecule has 1 aliphatic rings. The van der Waals surface area contributed by atoms with E-state index in [1.54, 1.807) is 0 Å². The van der Waals surface area contributed by atoms with Gasteiger partial charge in [-0.3, -0.25) is 0 Å². The van der Waals surface area contributed by atoms with Gasteiger partial charge < -0.3 is 9.64 Å². The van der Waals surface area contributed by atoms with Crippen LogP contribution in [0.5, 0.6) is 0 Å². The fourth-order valence-electron chi connectivity index (χ4n) is 2.59. The number of hydrogen-bond acceptors (Lipinski definition) is 3. The summed E-state index contributed by atoms with van der Waals surface area (Å²) in [6, 6.07) is 8.41. The molecular weight excluding hydrogens is 236 g/mol. The van der Waals surface area contributed by atoms with Gasteiger partial charge in [0.1, 0.15) is 6.07 Å². The second-order valence-corrected chi connectivity index (χ2v) is 5.21. The summed E-state index contributed by atoms with van der Waals surface area (Å²) in [6.45, 7) is 6.90. The summed E-state index contributed by atoms with van der Waals surface area (Å²) in [6.07, 6.45) is 3.63. The number of benzene rings is 1. The SMILES string of the molecule is CCCOC1CCCN(c2ccc(C)cc2C#N)C1. The van der Waals surface area contributed by atoms with Crippen molar-refractivity contribution in [3.63, 3.8) is 0 Å². The number of nitrogens with zero attached hydrogens (tertiary/aromatic N) is 2. The molecule has 0 aromatic heterocycles. The fraction of sp³-hybridized carbons (Fsp3) is 0.562. The molecule has 0 N–H and O–H groups in total. The monoisotopic (exact) mass is 258 g/mol. The minimum absolute atomic E-state index is 0.307. The van der Waals surface area contributed by atoms with Gasteiger partial charge in [-0.1, -0.05) is 13.0 Å². The lowest BCUT2D eigenvalue weighted by atomic mass is 10.0. The van der Waals surface area contributed by atoms with E-state index in [1.807, 2.05) is 13.0 Å². The number of rotatable bonds is 4. The lowest BCUT2D eigenvalue weighted by Crippen LogP contribution is -2.40. The van der Waals surface area contributed by atoms with Gasteiger partial charge >= 0.3 is 0 Å². The van der Waals surface area contributed by atoms with Gasteiger partial charge in [0.05, 0.1) is 17.4 Å². The molecule has 0 bridgehead atoms. The highest BCUT2D eigenvalue weighted by atomic mass is 16.5. The Hall–Kier alpha value is -1.53. The van der Waals surface area contributed by atoms with E-state index in [2.05, 4.69) is 30.0 Å². The van der Waals surface area contributed by atoms with Crippen LogP contribution in [0.15, 0.2) is 18.2 Å². The fourth-order valence-corrected chi connectivity index (χ4v) is 2.59. The third-order valence-corrected chi connectivity index (χ3v) is 3.55. The Balaban J connectivity index is 2.11. The van der Waals surface area contributed by atoms with Crippen LogP contribution in [0.4, 0.5) is 5.69 Å². The summed E-state index contributed by atoms with van der Waals surface area (Å²) in [5.41, 5.74) is 2.96. The Kier molecular flexibility index (Phi) is 4.81. The Labute approximate surface area is 115 Å². The minimum atomic E-state index is 0.307. The zero-order valence-electron chi connectivity index (χ0n) is 11.9. The Bertz CT molecular complexity index is 464. The highest BCUT2D eigenvalue weighted by Crippen LogP contribution is 2.25. The molecule has 0 radical (unpaired) electrons. The number of aryl methyl sites for hydroxylation is 1. The van der Waals surface area contributed by atoms with Crippen LogP contribution in [0.25, 0.3) is 0 Å². The van der Waals surface area contributed by atoms with Gasteiger partial charge in [-0.2, -0.15) is 5.26 Å². The van der Waals surface area contributed by atoms with Crippen molar-refractivity contribution in [2.75, 3.05) is 24.6 Å². The van der Waals surface area contributed by atoms with Gasteiger partial charge in [0.2, 0.25) is 0 Å². The predicted octanol–water partition coefficient (Wildman–Crippen LogP) is 3.26. The van der Waals surface area contributed by atoms with Crippen LogP contribution in [-0.2, 0) is 4.74 Å². The Morgan fingerprint density at radius 3 is 3.05 bits per heavy atom. The molecule has 1 aromatic rings. The molecule has 102 valence electrons. The average molecular weight is 258 g/mol. The van der Waals surface area contributed by atoms with Crippen molar-refractivity contribution >= 4 is 5.69 Å². The van der Waals surface area contributed by atoms with Crippen molar-refractivity contribution in [2.24, 2.45) is 0 Å². The molecule has 1 unspecified atom stereocenters. The van der Waals surface area contributed by atoms with E-state index in [4.69, 9.17) is 4.74 Å². The first-order chi connectivity index (χ1) is 9.24. The van der Waals surface area contributed by atoms with Crippen molar-refractivity contribution in [1.29, 1.82) is 5.26 Å². The average Bonchev–Trinajstić information content (AvgIpc) is 2.45. The van der Waals surface area contributed by atoms with E-state index >= 15 is 0 Å². The normalized spacial score (nSPS) is 19.2. The second-order valence-electron chi connectivity index (χ2n) is 5.21. The molecule has 0 saturated carbocycles. The van der Waals surface area contributed by atoms with Crippen molar-refractivity contribution in [3.05, 3.63) is 29.3 Å². The zero-order valence-corrected chi connectivity index (χ0v) is 11.9. The van der Waals surface area contributed by atoms with E-state index in [1.165, 1.54) is 0 Å². The summed E-state index contributed by atoms with van der Waals surface area (Å²) >= 11 is 0.